The van der Waals surface area contributed by atoms with E-state index in [0.29, 0.717) is 29.7 Å². The summed E-state index contributed by atoms with van der Waals surface area (Å²) in [6, 6.07) is 2.57. The fraction of sp³-hybridized carbons (Fsp3) is 0.565. The van der Waals surface area contributed by atoms with Gasteiger partial charge < -0.3 is 16.0 Å². The fourth-order valence-corrected chi connectivity index (χ4v) is 5.78. The zero-order valence-electron chi connectivity index (χ0n) is 18.3. The molecular formula is C23H28F4N4OS. The van der Waals surface area contributed by atoms with Crippen molar-refractivity contribution in [2.75, 3.05) is 18.8 Å². The van der Waals surface area contributed by atoms with Crippen LogP contribution < -0.4 is 11.1 Å². The molecule has 1 saturated carbocycles. The molecule has 2 aliphatic rings. The lowest BCUT2D eigenvalue weighted by molar-refractivity contribution is -0.137. The van der Waals surface area contributed by atoms with Crippen LogP contribution in [0.5, 0.6) is 0 Å². The summed E-state index contributed by atoms with van der Waals surface area (Å²) in [6.45, 7) is 1.81. The molecule has 3 N–H and O–H groups in total. The highest BCUT2D eigenvalue weighted by Crippen LogP contribution is 2.44. The first kappa shape index (κ1) is 23.9. The summed E-state index contributed by atoms with van der Waals surface area (Å²) in [6.07, 6.45) is 2.05. The summed E-state index contributed by atoms with van der Waals surface area (Å²) in [5, 5.41) is 4.93. The minimum Gasteiger partial charge on any atom is -0.375 e. The maximum atomic E-state index is 13.8. The van der Waals surface area contributed by atoms with E-state index in [2.05, 4.69) is 15.2 Å². The number of hydrogen-bond acceptors (Lipinski definition) is 5. The molecule has 1 amide bonds. The number of nitrogens with one attached hydrogen (secondary N) is 1. The van der Waals surface area contributed by atoms with E-state index in [4.69, 9.17) is 5.73 Å². The van der Waals surface area contributed by atoms with E-state index in [1.807, 2.05) is 0 Å². The van der Waals surface area contributed by atoms with Crippen LogP contribution in [0.4, 0.5) is 22.7 Å². The van der Waals surface area contributed by atoms with Gasteiger partial charge in [-0.2, -0.15) is 13.2 Å². The number of aromatic nitrogens is 1. The number of rotatable bonds is 5. The van der Waals surface area contributed by atoms with Crippen molar-refractivity contribution in [3.8, 4) is 0 Å². The highest BCUT2D eigenvalue weighted by atomic mass is 32.1. The van der Waals surface area contributed by atoms with Crippen molar-refractivity contribution < 1.29 is 22.4 Å². The number of nitrogen functional groups attached to an aromatic ring is 1. The molecule has 1 aliphatic heterocycles. The van der Waals surface area contributed by atoms with Gasteiger partial charge in [0.2, 0.25) is 5.91 Å². The molecule has 4 rings (SSSR count). The second-order valence-electron chi connectivity index (χ2n) is 9.03. The quantitative estimate of drug-likeness (QED) is 0.595. The lowest BCUT2D eigenvalue weighted by atomic mass is 9.81. The van der Waals surface area contributed by atoms with Crippen molar-refractivity contribution in [2.24, 2.45) is 0 Å². The van der Waals surface area contributed by atoms with E-state index in [1.54, 1.807) is 5.38 Å². The molecular weight excluding hydrogens is 456 g/mol. The molecule has 1 aliphatic carbocycles. The Morgan fingerprint density at radius 2 is 1.94 bits per heavy atom. The predicted octanol–water partition coefficient (Wildman–Crippen LogP) is 4.87. The molecule has 2 fully saturated rings. The van der Waals surface area contributed by atoms with E-state index in [9.17, 15) is 22.4 Å². The number of alkyl halides is 3. The van der Waals surface area contributed by atoms with E-state index in [-0.39, 0.29) is 24.1 Å². The number of halogens is 4. The third kappa shape index (κ3) is 5.32. The van der Waals surface area contributed by atoms with Crippen molar-refractivity contribution in [2.45, 2.75) is 69.1 Å². The Bertz CT molecular complexity index is 987. The highest BCUT2D eigenvalue weighted by Gasteiger charge is 2.49. The number of hydrogen-bond donors (Lipinski definition) is 2. The average Bonchev–Trinajstić information content (AvgIpc) is 3.31. The Labute approximate surface area is 194 Å². The Kier molecular flexibility index (Phi) is 6.95. The lowest BCUT2D eigenvalue weighted by Crippen LogP contribution is -2.44. The number of thiazole rings is 1. The van der Waals surface area contributed by atoms with Crippen molar-refractivity contribution in [1.82, 2.24) is 15.2 Å². The van der Waals surface area contributed by atoms with Gasteiger partial charge in [-0.15, -0.1) is 11.3 Å². The minimum atomic E-state index is -4.66. The van der Waals surface area contributed by atoms with Gasteiger partial charge in [0.05, 0.1) is 16.7 Å². The largest absolute Gasteiger partial charge is 0.416 e. The molecule has 0 radical (unpaired) electrons. The molecule has 10 heteroatoms. The van der Waals surface area contributed by atoms with Crippen molar-refractivity contribution >= 4 is 22.4 Å². The number of anilines is 1. The van der Waals surface area contributed by atoms with Gasteiger partial charge in [0, 0.05) is 18.0 Å². The zero-order valence-corrected chi connectivity index (χ0v) is 19.1. The van der Waals surface area contributed by atoms with Gasteiger partial charge in [-0.3, -0.25) is 4.79 Å². The van der Waals surface area contributed by atoms with Crippen LogP contribution in [-0.4, -0.2) is 34.9 Å². The molecule has 1 aromatic carbocycles. The van der Waals surface area contributed by atoms with Crippen LogP contribution in [0.25, 0.3) is 0 Å². The summed E-state index contributed by atoms with van der Waals surface area (Å²) < 4.78 is 52.9. The third-order valence-corrected chi connectivity index (χ3v) is 7.50. The average molecular weight is 485 g/mol. The third-order valence-electron chi connectivity index (χ3n) is 6.83. The van der Waals surface area contributed by atoms with Gasteiger partial charge in [-0.05, 0) is 69.0 Å². The van der Waals surface area contributed by atoms with E-state index < -0.39 is 23.0 Å². The Morgan fingerprint density at radius 1 is 1.21 bits per heavy atom. The van der Waals surface area contributed by atoms with E-state index >= 15 is 0 Å². The van der Waals surface area contributed by atoms with Crippen molar-refractivity contribution in [1.29, 1.82) is 0 Å². The maximum absolute atomic E-state index is 13.8. The standard InChI is InChI=1S/C23H28F4N4OS/c24-17-10-15(9-16(11-17)23(25,26)27)13-29-20(32)22(19-14-33-21(28)30-19)6-5-18(12-22)31-7-3-1-2-4-8-31/h9-11,14,18H,1-8,12-13H2,(H2,28,30)(H,29,32). The number of nitrogens with zero attached hydrogens (tertiary/aromatic N) is 2. The van der Waals surface area contributed by atoms with Gasteiger partial charge in [0.25, 0.3) is 0 Å². The smallest absolute Gasteiger partial charge is 0.375 e. The number of benzene rings is 1. The first-order valence-corrected chi connectivity index (χ1v) is 12.2. The molecule has 1 aromatic heterocycles. The second kappa shape index (κ2) is 9.58. The van der Waals surface area contributed by atoms with Gasteiger partial charge in [0.1, 0.15) is 5.82 Å². The summed E-state index contributed by atoms with van der Waals surface area (Å²) >= 11 is 1.27. The highest BCUT2D eigenvalue weighted by molar-refractivity contribution is 7.13. The summed E-state index contributed by atoms with van der Waals surface area (Å²) in [4.78, 5) is 20.4. The number of likely N-dealkylation sites (tertiary alicyclic amines) is 1. The first-order chi connectivity index (χ1) is 15.7. The molecule has 5 nitrogen and oxygen atoms in total. The van der Waals surface area contributed by atoms with Crippen LogP contribution in [0.3, 0.4) is 0 Å². The van der Waals surface area contributed by atoms with Crippen LogP contribution in [0.15, 0.2) is 23.6 Å². The minimum absolute atomic E-state index is 0.0608. The molecule has 2 heterocycles. The first-order valence-electron chi connectivity index (χ1n) is 11.3. The van der Waals surface area contributed by atoms with Crippen LogP contribution >= 0.6 is 11.3 Å². The van der Waals surface area contributed by atoms with Gasteiger partial charge in [-0.25, -0.2) is 9.37 Å². The summed E-state index contributed by atoms with van der Waals surface area (Å²) in [5.41, 5.74) is 4.56. The van der Waals surface area contributed by atoms with Crippen LogP contribution in [0, 0.1) is 5.82 Å². The predicted molar refractivity (Wildman–Crippen MR) is 119 cm³/mol. The Morgan fingerprint density at radius 3 is 2.58 bits per heavy atom. The SMILES string of the molecule is Nc1nc(C2(C(=O)NCc3cc(F)cc(C(F)(F)F)c3)CCC(N3CCCCCC3)C2)cs1. The molecule has 33 heavy (non-hydrogen) atoms. The van der Waals surface area contributed by atoms with Gasteiger partial charge in [-0.1, -0.05) is 12.8 Å². The summed E-state index contributed by atoms with van der Waals surface area (Å²) in [5.74, 6) is -1.29. The topological polar surface area (TPSA) is 71.2 Å². The normalized spacial score (nSPS) is 24.5. The molecule has 180 valence electrons. The zero-order chi connectivity index (χ0) is 23.6. The number of amides is 1. The summed E-state index contributed by atoms with van der Waals surface area (Å²) in [7, 11) is 0. The monoisotopic (exact) mass is 484 g/mol. The molecule has 2 atom stereocenters. The number of carbonyl (C=O) groups excluding carboxylic acids is 1. The second-order valence-corrected chi connectivity index (χ2v) is 9.92. The van der Waals surface area contributed by atoms with E-state index in [1.165, 1.54) is 24.2 Å². The van der Waals surface area contributed by atoms with Crippen molar-refractivity contribution in [3.05, 3.63) is 46.2 Å². The maximum Gasteiger partial charge on any atom is 0.416 e. The van der Waals surface area contributed by atoms with E-state index in [0.717, 1.165) is 44.5 Å². The molecule has 0 spiro atoms. The molecule has 2 unspecified atom stereocenters. The van der Waals surface area contributed by atoms with Crippen LogP contribution in [0.1, 0.15) is 61.8 Å². The molecule has 2 aromatic rings. The fourth-order valence-electron chi connectivity index (χ4n) is 5.12. The Balaban J connectivity index is 1.54. The van der Waals surface area contributed by atoms with Crippen LogP contribution in [0.2, 0.25) is 0 Å². The Hall–Kier alpha value is -2.20. The van der Waals surface area contributed by atoms with Gasteiger partial charge in [0.15, 0.2) is 5.13 Å². The van der Waals surface area contributed by atoms with Gasteiger partial charge >= 0.3 is 6.18 Å². The lowest BCUT2D eigenvalue weighted by Gasteiger charge is -2.30. The molecule has 0 bridgehead atoms. The number of nitrogens with two attached hydrogens (primary N) is 1. The molecule has 1 saturated heterocycles. The van der Waals surface area contributed by atoms with Crippen molar-refractivity contribution in [3.63, 3.8) is 0 Å². The number of carbonyl (C=O) groups is 1. The van der Waals surface area contributed by atoms with Crippen LogP contribution in [-0.2, 0) is 22.9 Å².